The van der Waals surface area contributed by atoms with Crippen molar-refractivity contribution in [2.45, 2.75) is 44.4 Å². The minimum Gasteiger partial charge on any atom is -0.481 e. The van der Waals surface area contributed by atoms with Crippen LogP contribution in [-0.4, -0.2) is 31.7 Å². The summed E-state index contributed by atoms with van der Waals surface area (Å²) in [5.41, 5.74) is 1.10. The number of carbonyl (C=O) groups is 1. The zero-order valence-electron chi connectivity index (χ0n) is 13.1. The molecule has 1 heterocycles. The van der Waals surface area contributed by atoms with Gasteiger partial charge in [-0.2, -0.15) is 5.21 Å². The SMILES string of the molecule is O=C(O)C(CC1CCCC1)C(Cc1ccccc1)c1nn[nH]n1. The number of carboxylic acids is 1. The fourth-order valence-corrected chi connectivity index (χ4v) is 3.65. The number of rotatable bonds is 7. The zero-order chi connectivity index (χ0) is 16.1. The van der Waals surface area contributed by atoms with Gasteiger partial charge in [0.15, 0.2) is 5.82 Å². The largest absolute Gasteiger partial charge is 0.481 e. The standard InChI is InChI=1S/C17H22N4O2/c22-17(23)15(11-13-8-4-5-9-13)14(16-18-20-21-19-16)10-12-6-2-1-3-7-12/h1-3,6-7,13-15H,4-5,8-11H2,(H,22,23)(H,18,19,20,21). The van der Waals surface area contributed by atoms with Crippen molar-refractivity contribution in [2.75, 3.05) is 0 Å². The number of aromatic nitrogens is 4. The van der Waals surface area contributed by atoms with Crippen LogP contribution in [0.15, 0.2) is 30.3 Å². The van der Waals surface area contributed by atoms with E-state index >= 15 is 0 Å². The van der Waals surface area contributed by atoms with Crippen LogP contribution in [0.25, 0.3) is 0 Å². The Morgan fingerprint density at radius 1 is 1.26 bits per heavy atom. The molecule has 0 aliphatic heterocycles. The van der Waals surface area contributed by atoms with Crippen LogP contribution >= 0.6 is 0 Å². The Balaban J connectivity index is 1.83. The molecule has 3 rings (SSSR count). The van der Waals surface area contributed by atoms with E-state index in [0.29, 0.717) is 24.6 Å². The lowest BCUT2D eigenvalue weighted by molar-refractivity contribution is -0.143. The summed E-state index contributed by atoms with van der Waals surface area (Å²) in [6.45, 7) is 0. The molecule has 1 aliphatic carbocycles. The van der Waals surface area contributed by atoms with E-state index in [1.165, 1.54) is 12.8 Å². The number of hydrogen-bond donors (Lipinski definition) is 2. The molecule has 6 heteroatoms. The molecule has 1 aromatic heterocycles. The van der Waals surface area contributed by atoms with Gasteiger partial charge in [-0.25, -0.2) is 0 Å². The van der Waals surface area contributed by atoms with Gasteiger partial charge in [-0.3, -0.25) is 4.79 Å². The molecule has 2 N–H and O–H groups in total. The van der Waals surface area contributed by atoms with E-state index in [1.807, 2.05) is 30.3 Å². The van der Waals surface area contributed by atoms with Gasteiger partial charge >= 0.3 is 5.97 Å². The van der Waals surface area contributed by atoms with Gasteiger partial charge in [0.25, 0.3) is 0 Å². The maximum atomic E-state index is 11.9. The Hall–Kier alpha value is -2.24. The minimum absolute atomic E-state index is 0.255. The minimum atomic E-state index is -0.761. The summed E-state index contributed by atoms with van der Waals surface area (Å²) in [6.07, 6.45) is 6.00. The molecule has 0 saturated heterocycles. The molecule has 2 aromatic rings. The van der Waals surface area contributed by atoms with Gasteiger partial charge in [-0.05, 0) is 24.3 Å². The Morgan fingerprint density at radius 3 is 2.61 bits per heavy atom. The fourth-order valence-electron chi connectivity index (χ4n) is 3.65. The van der Waals surface area contributed by atoms with Crippen LogP contribution in [0, 0.1) is 11.8 Å². The Kier molecular flexibility index (Phi) is 5.00. The van der Waals surface area contributed by atoms with E-state index in [1.54, 1.807) is 0 Å². The lowest BCUT2D eigenvalue weighted by Gasteiger charge is -2.24. The highest BCUT2D eigenvalue weighted by molar-refractivity contribution is 5.71. The Bertz CT molecular complexity index is 609. The molecule has 0 bridgehead atoms. The monoisotopic (exact) mass is 314 g/mol. The van der Waals surface area contributed by atoms with Crippen LogP contribution in [0.1, 0.15) is 49.4 Å². The lowest BCUT2D eigenvalue weighted by Crippen LogP contribution is -2.27. The predicted molar refractivity (Wildman–Crippen MR) is 84.8 cm³/mol. The molecule has 23 heavy (non-hydrogen) atoms. The van der Waals surface area contributed by atoms with E-state index in [-0.39, 0.29) is 5.92 Å². The molecular formula is C17H22N4O2. The number of aromatic amines is 1. The third-order valence-corrected chi connectivity index (χ3v) is 4.86. The summed E-state index contributed by atoms with van der Waals surface area (Å²) < 4.78 is 0. The van der Waals surface area contributed by atoms with Crippen molar-refractivity contribution >= 4 is 5.97 Å². The Labute approximate surface area is 135 Å². The average Bonchev–Trinajstić information content (AvgIpc) is 3.25. The second kappa shape index (κ2) is 7.35. The van der Waals surface area contributed by atoms with Crippen molar-refractivity contribution in [1.29, 1.82) is 0 Å². The number of nitrogens with one attached hydrogen (secondary N) is 1. The van der Waals surface area contributed by atoms with Crippen LogP contribution in [0.2, 0.25) is 0 Å². The summed E-state index contributed by atoms with van der Waals surface area (Å²) in [6, 6.07) is 9.92. The first-order valence-corrected chi connectivity index (χ1v) is 8.24. The summed E-state index contributed by atoms with van der Waals surface area (Å²) >= 11 is 0. The smallest absolute Gasteiger partial charge is 0.307 e. The third kappa shape index (κ3) is 3.94. The van der Waals surface area contributed by atoms with Gasteiger partial charge in [0.05, 0.1) is 5.92 Å². The van der Waals surface area contributed by atoms with Crippen molar-refractivity contribution in [1.82, 2.24) is 20.6 Å². The number of tetrazole rings is 1. The first kappa shape index (κ1) is 15.6. The second-order valence-corrected chi connectivity index (χ2v) is 6.40. The highest BCUT2D eigenvalue weighted by Crippen LogP contribution is 2.36. The van der Waals surface area contributed by atoms with Crippen LogP contribution in [-0.2, 0) is 11.2 Å². The van der Waals surface area contributed by atoms with Gasteiger partial charge in [-0.1, -0.05) is 61.2 Å². The number of benzene rings is 1. The lowest BCUT2D eigenvalue weighted by atomic mass is 9.80. The first-order chi connectivity index (χ1) is 11.2. The summed E-state index contributed by atoms with van der Waals surface area (Å²) in [4.78, 5) is 11.9. The van der Waals surface area contributed by atoms with Gasteiger partial charge in [0.2, 0.25) is 0 Å². The average molecular weight is 314 g/mol. The molecule has 1 fully saturated rings. The van der Waals surface area contributed by atoms with Crippen LogP contribution in [0.3, 0.4) is 0 Å². The van der Waals surface area contributed by atoms with Crippen molar-refractivity contribution in [3.63, 3.8) is 0 Å². The van der Waals surface area contributed by atoms with Crippen molar-refractivity contribution in [2.24, 2.45) is 11.8 Å². The van der Waals surface area contributed by atoms with E-state index in [9.17, 15) is 9.90 Å². The summed E-state index contributed by atoms with van der Waals surface area (Å²) in [5, 5.41) is 24.0. The summed E-state index contributed by atoms with van der Waals surface area (Å²) in [7, 11) is 0. The number of hydrogen-bond acceptors (Lipinski definition) is 4. The topological polar surface area (TPSA) is 91.8 Å². The molecular weight excluding hydrogens is 292 g/mol. The molecule has 1 aromatic carbocycles. The quantitative estimate of drug-likeness (QED) is 0.820. The van der Waals surface area contributed by atoms with Crippen molar-refractivity contribution in [3.05, 3.63) is 41.7 Å². The fraction of sp³-hybridized carbons (Fsp3) is 0.529. The van der Waals surface area contributed by atoms with Gasteiger partial charge in [0.1, 0.15) is 0 Å². The van der Waals surface area contributed by atoms with E-state index in [2.05, 4.69) is 20.6 Å². The number of aliphatic carboxylic acids is 1. The third-order valence-electron chi connectivity index (χ3n) is 4.86. The maximum Gasteiger partial charge on any atom is 0.307 e. The number of carboxylic acid groups (broad SMARTS) is 1. The van der Waals surface area contributed by atoms with Gasteiger partial charge < -0.3 is 5.11 Å². The van der Waals surface area contributed by atoms with E-state index in [0.717, 1.165) is 18.4 Å². The number of H-pyrrole nitrogens is 1. The molecule has 122 valence electrons. The molecule has 0 radical (unpaired) electrons. The van der Waals surface area contributed by atoms with Crippen LogP contribution < -0.4 is 0 Å². The van der Waals surface area contributed by atoms with E-state index in [4.69, 9.17) is 0 Å². The van der Waals surface area contributed by atoms with Gasteiger partial charge in [0, 0.05) is 5.92 Å². The van der Waals surface area contributed by atoms with Crippen LogP contribution in [0.5, 0.6) is 0 Å². The highest BCUT2D eigenvalue weighted by Gasteiger charge is 2.35. The molecule has 6 nitrogen and oxygen atoms in total. The maximum absolute atomic E-state index is 11.9. The van der Waals surface area contributed by atoms with Crippen molar-refractivity contribution < 1.29 is 9.90 Å². The molecule has 0 amide bonds. The molecule has 2 unspecified atom stereocenters. The second-order valence-electron chi connectivity index (χ2n) is 6.40. The highest BCUT2D eigenvalue weighted by atomic mass is 16.4. The van der Waals surface area contributed by atoms with E-state index < -0.39 is 11.9 Å². The van der Waals surface area contributed by atoms with Gasteiger partial charge in [-0.15, -0.1) is 10.2 Å². The summed E-state index contributed by atoms with van der Waals surface area (Å²) in [5.74, 6) is -0.492. The molecule has 1 aliphatic rings. The molecule has 0 spiro atoms. The number of nitrogens with zero attached hydrogens (tertiary/aromatic N) is 3. The molecule has 1 saturated carbocycles. The predicted octanol–water partition coefficient (Wildman–Crippen LogP) is 2.81. The Morgan fingerprint density at radius 2 is 2.00 bits per heavy atom. The first-order valence-electron chi connectivity index (χ1n) is 8.24. The molecule has 2 atom stereocenters. The zero-order valence-corrected chi connectivity index (χ0v) is 13.1. The van der Waals surface area contributed by atoms with Crippen molar-refractivity contribution in [3.8, 4) is 0 Å². The van der Waals surface area contributed by atoms with Crippen LogP contribution in [0.4, 0.5) is 0 Å². The normalized spacial score (nSPS) is 17.9.